The number of aromatic nitrogens is 1. The van der Waals surface area contributed by atoms with Crippen molar-refractivity contribution in [1.82, 2.24) is 9.88 Å². The molecule has 132 valence electrons. The van der Waals surface area contributed by atoms with Gasteiger partial charge in [-0.2, -0.15) is 0 Å². The normalized spacial score (nSPS) is 13.6. The molecule has 1 fully saturated rings. The highest BCUT2D eigenvalue weighted by atomic mass is 35.5. The van der Waals surface area contributed by atoms with Crippen LogP contribution < -0.4 is 14.8 Å². The minimum atomic E-state index is 0.0299. The van der Waals surface area contributed by atoms with Crippen molar-refractivity contribution < 1.29 is 14.3 Å². The number of ether oxygens (including phenoxy) is 2. The SMILES string of the molecule is COc1cc(Nc2ccc(C(=O)N3CCCC3)cn2)c(OC)cc1Cl. The number of carbonyl (C=O) groups is 1. The molecular formula is C18H20ClN3O3. The van der Waals surface area contributed by atoms with Gasteiger partial charge in [0.25, 0.3) is 5.91 Å². The minimum Gasteiger partial charge on any atom is -0.495 e. The zero-order valence-corrected chi connectivity index (χ0v) is 15.0. The lowest BCUT2D eigenvalue weighted by molar-refractivity contribution is 0.0792. The molecule has 1 aromatic carbocycles. The van der Waals surface area contributed by atoms with Crippen molar-refractivity contribution >= 4 is 29.0 Å². The molecule has 6 nitrogen and oxygen atoms in total. The molecule has 0 bridgehead atoms. The van der Waals surface area contributed by atoms with E-state index in [-0.39, 0.29) is 5.91 Å². The van der Waals surface area contributed by atoms with E-state index in [1.807, 2.05) is 4.90 Å². The predicted molar refractivity (Wildman–Crippen MR) is 97.2 cm³/mol. The number of amides is 1. The van der Waals surface area contributed by atoms with E-state index in [4.69, 9.17) is 21.1 Å². The average Bonchev–Trinajstić information content (AvgIpc) is 3.17. The first-order valence-electron chi connectivity index (χ1n) is 8.06. The number of hydrogen-bond donors (Lipinski definition) is 1. The second kappa shape index (κ2) is 7.61. The maximum atomic E-state index is 12.4. The number of benzene rings is 1. The third-order valence-electron chi connectivity index (χ3n) is 4.14. The van der Waals surface area contributed by atoms with Gasteiger partial charge in [0.2, 0.25) is 0 Å². The predicted octanol–water partition coefficient (Wildman–Crippen LogP) is 3.73. The van der Waals surface area contributed by atoms with E-state index >= 15 is 0 Å². The molecule has 0 saturated carbocycles. The number of pyridine rings is 1. The van der Waals surface area contributed by atoms with E-state index in [1.54, 1.807) is 44.7 Å². The molecule has 2 aromatic rings. The molecule has 25 heavy (non-hydrogen) atoms. The lowest BCUT2D eigenvalue weighted by Crippen LogP contribution is -2.27. The van der Waals surface area contributed by atoms with Crippen molar-refractivity contribution in [2.75, 3.05) is 32.6 Å². The number of halogens is 1. The van der Waals surface area contributed by atoms with Crippen LogP contribution in [0.5, 0.6) is 11.5 Å². The van der Waals surface area contributed by atoms with Crippen LogP contribution in [0.25, 0.3) is 0 Å². The van der Waals surface area contributed by atoms with Crippen molar-refractivity contribution in [3.05, 3.63) is 41.0 Å². The van der Waals surface area contributed by atoms with Crippen LogP contribution in [0.2, 0.25) is 5.02 Å². The molecule has 1 aliphatic heterocycles. The van der Waals surface area contributed by atoms with Crippen LogP contribution in [0.3, 0.4) is 0 Å². The molecule has 7 heteroatoms. The third kappa shape index (κ3) is 3.79. The maximum Gasteiger partial charge on any atom is 0.255 e. The molecule has 1 N–H and O–H groups in total. The van der Waals surface area contributed by atoms with Gasteiger partial charge < -0.3 is 19.7 Å². The third-order valence-corrected chi connectivity index (χ3v) is 4.44. The molecule has 0 spiro atoms. The Balaban J connectivity index is 1.78. The zero-order valence-electron chi connectivity index (χ0n) is 14.2. The highest BCUT2D eigenvalue weighted by molar-refractivity contribution is 6.32. The van der Waals surface area contributed by atoms with Crippen LogP contribution in [-0.4, -0.2) is 43.1 Å². The number of hydrogen-bond acceptors (Lipinski definition) is 5. The molecule has 1 saturated heterocycles. The summed E-state index contributed by atoms with van der Waals surface area (Å²) < 4.78 is 10.6. The summed E-state index contributed by atoms with van der Waals surface area (Å²) >= 11 is 6.11. The monoisotopic (exact) mass is 361 g/mol. The Morgan fingerprint density at radius 1 is 1.16 bits per heavy atom. The molecule has 3 rings (SSSR count). The van der Waals surface area contributed by atoms with Gasteiger partial charge in [0.1, 0.15) is 17.3 Å². The summed E-state index contributed by atoms with van der Waals surface area (Å²) in [5, 5.41) is 3.62. The van der Waals surface area contributed by atoms with Crippen molar-refractivity contribution in [1.29, 1.82) is 0 Å². The van der Waals surface area contributed by atoms with Gasteiger partial charge in [-0.15, -0.1) is 0 Å². The Kier molecular flexibility index (Phi) is 5.28. The van der Waals surface area contributed by atoms with Gasteiger partial charge >= 0.3 is 0 Å². The van der Waals surface area contributed by atoms with Crippen molar-refractivity contribution in [2.45, 2.75) is 12.8 Å². The number of rotatable bonds is 5. The molecule has 2 heterocycles. The van der Waals surface area contributed by atoms with E-state index in [0.717, 1.165) is 25.9 Å². The van der Waals surface area contributed by atoms with Gasteiger partial charge in [-0.05, 0) is 25.0 Å². The van der Waals surface area contributed by atoms with Gasteiger partial charge in [0, 0.05) is 31.4 Å². The summed E-state index contributed by atoms with van der Waals surface area (Å²) in [4.78, 5) is 18.5. The lowest BCUT2D eigenvalue weighted by Gasteiger charge is -2.16. The number of nitrogens with one attached hydrogen (secondary N) is 1. The molecule has 1 amide bonds. The van der Waals surface area contributed by atoms with Crippen LogP contribution >= 0.6 is 11.6 Å². The minimum absolute atomic E-state index is 0.0299. The van der Waals surface area contributed by atoms with Gasteiger partial charge in [-0.25, -0.2) is 4.98 Å². The second-order valence-corrected chi connectivity index (χ2v) is 6.15. The smallest absolute Gasteiger partial charge is 0.255 e. The summed E-state index contributed by atoms with van der Waals surface area (Å²) in [6.07, 6.45) is 3.72. The maximum absolute atomic E-state index is 12.4. The Morgan fingerprint density at radius 2 is 1.88 bits per heavy atom. The van der Waals surface area contributed by atoms with E-state index < -0.39 is 0 Å². The molecule has 0 aliphatic carbocycles. The fourth-order valence-corrected chi connectivity index (χ4v) is 3.02. The fraction of sp³-hybridized carbons (Fsp3) is 0.333. The van der Waals surface area contributed by atoms with E-state index in [0.29, 0.717) is 33.6 Å². The number of carbonyl (C=O) groups excluding carboxylic acids is 1. The van der Waals surface area contributed by atoms with E-state index in [2.05, 4.69) is 10.3 Å². The molecule has 1 aliphatic rings. The van der Waals surface area contributed by atoms with Crippen molar-refractivity contribution in [3.8, 4) is 11.5 Å². The van der Waals surface area contributed by atoms with Gasteiger partial charge in [0.15, 0.2) is 0 Å². The van der Waals surface area contributed by atoms with Crippen LogP contribution in [0.15, 0.2) is 30.5 Å². The summed E-state index contributed by atoms with van der Waals surface area (Å²) in [7, 11) is 3.11. The summed E-state index contributed by atoms with van der Waals surface area (Å²) in [5.41, 5.74) is 1.27. The summed E-state index contributed by atoms with van der Waals surface area (Å²) in [5.74, 6) is 1.73. The molecule has 0 radical (unpaired) electrons. The van der Waals surface area contributed by atoms with Crippen LogP contribution in [-0.2, 0) is 0 Å². The Hall–Kier alpha value is -2.47. The highest BCUT2D eigenvalue weighted by Crippen LogP contribution is 2.37. The van der Waals surface area contributed by atoms with E-state index in [1.165, 1.54) is 0 Å². The number of methoxy groups -OCH3 is 2. The molecular weight excluding hydrogens is 342 g/mol. The van der Waals surface area contributed by atoms with Crippen molar-refractivity contribution in [2.24, 2.45) is 0 Å². The number of anilines is 2. The highest BCUT2D eigenvalue weighted by Gasteiger charge is 2.19. The second-order valence-electron chi connectivity index (χ2n) is 5.74. The molecule has 1 aromatic heterocycles. The topological polar surface area (TPSA) is 63.7 Å². The van der Waals surface area contributed by atoms with Crippen molar-refractivity contribution in [3.63, 3.8) is 0 Å². The Labute approximate surface area is 151 Å². The Bertz CT molecular complexity index is 759. The zero-order chi connectivity index (χ0) is 17.8. The van der Waals surface area contributed by atoms with Crippen LogP contribution in [0.4, 0.5) is 11.5 Å². The van der Waals surface area contributed by atoms with Gasteiger partial charge in [0.05, 0.1) is 30.5 Å². The lowest BCUT2D eigenvalue weighted by atomic mass is 10.2. The van der Waals surface area contributed by atoms with E-state index in [9.17, 15) is 4.79 Å². The first kappa shape index (κ1) is 17.4. The Morgan fingerprint density at radius 3 is 2.48 bits per heavy atom. The molecule has 0 atom stereocenters. The fourth-order valence-electron chi connectivity index (χ4n) is 2.79. The quantitative estimate of drug-likeness (QED) is 0.879. The number of nitrogens with zero attached hydrogens (tertiary/aromatic N) is 2. The van der Waals surface area contributed by atoms with Gasteiger partial charge in [-0.1, -0.05) is 11.6 Å². The van der Waals surface area contributed by atoms with Gasteiger partial charge in [-0.3, -0.25) is 4.79 Å². The standard InChI is InChI=1S/C18H20ClN3O3/c1-24-15-10-14(16(25-2)9-13(15)19)21-17-6-5-12(11-20-17)18(23)22-7-3-4-8-22/h5-6,9-11H,3-4,7-8H2,1-2H3,(H,20,21). The summed E-state index contributed by atoms with van der Waals surface area (Å²) in [6, 6.07) is 6.96. The summed E-state index contributed by atoms with van der Waals surface area (Å²) in [6.45, 7) is 1.64. The first-order chi connectivity index (χ1) is 12.1. The van der Waals surface area contributed by atoms with Crippen LogP contribution in [0, 0.1) is 0 Å². The molecule has 0 unspecified atom stereocenters. The average molecular weight is 362 g/mol. The number of likely N-dealkylation sites (tertiary alicyclic amines) is 1. The first-order valence-corrected chi connectivity index (χ1v) is 8.44. The largest absolute Gasteiger partial charge is 0.495 e. The van der Waals surface area contributed by atoms with Crippen LogP contribution in [0.1, 0.15) is 23.2 Å².